The maximum absolute atomic E-state index is 12.0. The number of aryl methyl sites for hydroxylation is 1. The molecule has 1 heterocycles. The Hall–Kier alpha value is -2.81. The standard InChI is InChI=1S/C19H22N2O6S/c1-13(22)27-8-4-2-3-5-14-6-7-15-11-18(23)17(10-16(15)9-14)21-12-19(24)20-28(21,25)26/h6-7,9-11,23H,2-5,8,12H2,1H3,(H,20,24). The molecule has 2 aromatic rings. The number of phenols is 1. The molecule has 0 radical (unpaired) electrons. The molecule has 8 nitrogen and oxygen atoms in total. The lowest BCUT2D eigenvalue weighted by atomic mass is 10.0. The van der Waals surface area contributed by atoms with Gasteiger partial charge in [-0.3, -0.25) is 9.59 Å². The zero-order chi connectivity index (χ0) is 20.3. The molecule has 0 bridgehead atoms. The molecule has 2 aromatic carbocycles. The van der Waals surface area contributed by atoms with Gasteiger partial charge in [0.15, 0.2) is 0 Å². The van der Waals surface area contributed by atoms with Crippen LogP contribution in [0.4, 0.5) is 5.69 Å². The SMILES string of the molecule is CC(=O)OCCCCCc1ccc2cc(O)c(N3CC(=O)NS3(=O)=O)cc2c1. The summed E-state index contributed by atoms with van der Waals surface area (Å²) in [6.45, 7) is 1.46. The molecule has 0 aromatic heterocycles. The summed E-state index contributed by atoms with van der Waals surface area (Å²) in [5.41, 5.74) is 1.15. The predicted octanol–water partition coefficient (Wildman–Crippen LogP) is 2.00. The van der Waals surface area contributed by atoms with E-state index in [1.54, 1.807) is 6.07 Å². The minimum atomic E-state index is -3.98. The number of esters is 1. The number of rotatable bonds is 7. The Morgan fingerprint density at radius 1 is 1.18 bits per heavy atom. The Morgan fingerprint density at radius 2 is 1.96 bits per heavy atom. The van der Waals surface area contributed by atoms with Crippen LogP contribution in [0.3, 0.4) is 0 Å². The highest BCUT2D eigenvalue weighted by Crippen LogP contribution is 2.35. The highest BCUT2D eigenvalue weighted by atomic mass is 32.2. The van der Waals surface area contributed by atoms with Crippen LogP contribution in [0.15, 0.2) is 30.3 Å². The fourth-order valence-electron chi connectivity index (χ4n) is 3.16. The van der Waals surface area contributed by atoms with Crippen molar-refractivity contribution in [1.29, 1.82) is 0 Å². The van der Waals surface area contributed by atoms with Gasteiger partial charge >= 0.3 is 16.2 Å². The second-order valence-electron chi connectivity index (χ2n) is 6.71. The number of anilines is 1. The smallest absolute Gasteiger partial charge is 0.326 e. The quantitative estimate of drug-likeness (QED) is 0.537. The summed E-state index contributed by atoms with van der Waals surface area (Å²) in [6.07, 6.45) is 3.48. The van der Waals surface area contributed by atoms with Crippen molar-refractivity contribution >= 4 is 38.5 Å². The number of aromatic hydroxyl groups is 1. The average molecular weight is 406 g/mol. The summed E-state index contributed by atoms with van der Waals surface area (Å²) < 4.78 is 31.8. The molecular formula is C19H22N2O6S. The Balaban J connectivity index is 1.73. The van der Waals surface area contributed by atoms with Gasteiger partial charge in [0, 0.05) is 6.92 Å². The number of hydrogen-bond acceptors (Lipinski definition) is 6. The lowest BCUT2D eigenvalue weighted by molar-refractivity contribution is -0.141. The molecular weight excluding hydrogens is 384 g/mol. The summed E-state index contributed by atoms with van der Waals surface area (Å²) in [6, 6.07) is 8.85. The van der Waals surface area contributed by atoms with Crippen LogP contribution in [0, 0.1) is 0 Å². The van der Waals surface area contributed by atoms with E-state index in [-0.39, 0.29) is 24.0 Å². The maximum Gasteiger partial charge on any atom is 0.326 e. The van der Waals surface area contributed by atoms with E-state index in [9.17, 15) is 23.1 Å². The van der Waals surface area contributed by atoms with Crippen molar-refractivity contribution in [3.05, 3.63) is 35.9 Å². The van der Waals surface area contributed by atoms with E-state index in [0.29, 0.717) is 6.61 Å². The summed E-state index contributed by atoms with van der Waals surface area (Å²) >= 11 is 0. The van der Waals surface area contributed by atoms with Crippen LogP contribution in [0.25, 0.3) is 10.8 Å². The Labute approximate surface area is 163 Å². The first-order valence-electron chi connectivity index (χ1n) is 8.98. The highest BCUT2D eigenvalue weighted by molar-refractivity contribution is 7.92. The van der Waals surface area contributed by atoms with Gasteiger partial charge in [0.25, 0.3) is 5.91 Å². The Morgan fingerprint density at radius 3 is 2.64 bits per heavy atom. The molecule has 1 aliphatic heterocycles. The van der Waals surface area contributed by atoms with Crippen molar-refractivity contribution in [3.8, 4) is 5.75 Å². The number of nitrogens with zero attached hydrogens (tertiary/aromatic N) is 1. The number of phenolic OH excluding ortho intramolecular Hbond substituents is 1. The van der Waals surface area contributed by atoms with Gasteiger partial charge in [-0.15, -0.1) is 0 Å². The summed E-state index contributed by atoms with van der Waals surface area (Å²) in [5.74, 6) is -1.11. The zero-order valence-corrected chi connectivity index (χ0v) is 16.3. The van der Waals surface area contributed by atoms with Gasteiger partial charge in [-0.05, 0) is 54.2 Å². The van der Waals surface area contributed by atoms with Crippen molar-refractivity contribution in [2.75, 3.05) is 17.5 Å². The van der Waals surface area contributed by atoms with E-state index in [0.717, 1.165) is 46.3 Å². The molecule has 0 saturated carbocycles. The third-order valence-electron chi connectivity index (χ3n) is 4.50. The largest absolute Gasteiger partial charge is 0.506 e. The van der Waals surface area contributed by atoms with Crippen molar-refractivity contribution in [2.24, 2.45) is 0 Å². The zero-order valence-electron chi connectivity index (χ0n) is 15.5. The highest BCUT2D eigenvalue weighted by Gasteiger charge is 2.35. The van der Waals surface area contributed by atoms with Crippen LogP contribution in [-0.2, 0) is 31.0 Å². The maximum atomic E-state index is 12.0. The van der Waals surface area contributed by atoms with E-state index in [2.05, 4.69) is 0 Å². The first-order valence-corrected chi connectivity index (χ1v) is 10.4. The number of unbranched alkanes of at least 4 members (excludes halogenated alkanes) is 2. The van der Waals surface area contributed by atoms with Crippen molar-refractivity contribution in [3.63, 3.8) is 0 Å². The Kier molecular flexibility index (Phi) is 5.73. The van der Waals surface area contributed by atoms with E-state index < -0.39 is 16.1 Å². The van der Waals surface area contributed by atoms with Gasteiger partial charge in [-0.25, -0.2) is 9.03 Å². The monoisotopic (exact) mass is 406 g/mol. The van der Waals surface area contributed by atoms with Crippen LogP contribution >= 0.6 is 0 Å². The topological polar surface area (TPSA) is 113 Å². The molecule has 1 aliphatic rings. The molecule has 1 fully saturated rings. The van der Waals surface area contributed by atoms with Gasteiger partial charge in [0.2, 0.25) is 0 Å². The van der Waals surface area contributed by atoms with Crippen molar-refractivity contribution in [1.82, 2.24) is 4.72 Å². The molecule has 150 valence electrons. The number of hydrogen-bond donors (Lipinski definition) is 2. The van der Waals surface area contributed by atoms with Gasteiger partial charge in [0.05, 0.1) is 12.3 Å². The van der Waals surface area contributed by atoms with Crippen LogP contribution < -0.4 is 9.03 Å². The lowest BCUT2D eigenvalue weighted by Crippen LogP contribution is -2.29. The summed E-state index contributed by atoms with van der Waals surface area (Å²) in [4.78, 5) is 22.2. The number of carbonyl (C=O) groups excluding carboxylic acids is 2. The lowest BCUT2D eigenvalue weighted by Gasteiger charge is -2.17. The molecule has 3 rings (SSSR count). The second kappa shape index (κ2) is 8.05. The van der Waals surface area contributed by atoms with E-state index in [1.807, 2.05) is 22.9 Å². The fraction of sp³-hybridized carbons (Fsp3) is 0.368. The number of amides is 1. The van der Waals surface area contributed by atoms with Crippen LogP contribution in [0.2, 0.25) is 0 Å². The molecule has 9 heteroatoms. The molecule has 2 N–H and O–H groups in total. The van der Waals surface area contributed by atoms with Crippen LogP contribution in [0.1, 0.15) is 31.7 Å². The molecule has 0 spiro atoms. The predicted molar refractivity (Wildman–Crippen MR) is 104 cm³/mol. The number of nitrogens with one attached hydrogen (secondary N) is 1. The fourth-order valence-corrected chi connectivity index (χ4v) is 4.32. The first kappa shape index (κ1) is 19.9. The molecule has 0 unspecified atom stereocenters. The number of carbonyl (C=O) groups is 2. The van der Waals surface area contributed by atoms with Gasteiger partial charge in [-0.1, -0.05) is 18.2 Å². The normalized spacial score (nSPS) is 15.6. The third-order valence-corrected chi connectivity index (χ3v) is 5.89. The molecule has 28 heavy (non-hydrogen) atoms. The van der Waals surface area contributed by atoms with Crippen LogP contribution in [0.5, 0.6) is 5.75 Å². The van der Waals surface area contributed by atoms with Gasteiger partial charge < -0.3 is 9.84 Å². The third kappa shape index (κ3) is 4.53. The van der Waals surface area contributed by atoms with Crippen molar-refractivity contribution < 1.29 is 27.9 Å². The van der Waals surface area contributed by atoms with E-state index in [4.69, 9.17) is 4.74 Å². The second-order valence-corrected chi connectivity index (χ2v) is 8.31. The number of benzene rings is 2. The van der Waals surface area contributed by atoms with Crippen molar-refractivity contribution in [2.45, 2.75) is 32.6 Å². The summed E-state index contributed by atoms with van der Waals surface area (Å²) in [7, 11) is -3.98. The van der Waals surface area contributed by atoms with Crippen LogP contribution in [-0.4, -0.2) is 38.6 Å². The molecule has 0 aliphatic carbocycles. The minimum Gasteiger partial charge on any atom is -0.506 e. The minimum absolute atomic E-state index is 0.0735. The number of fused-ring (bicyclic) bond motifs is 1. The Bertz CT molecular complexity index is 1020. The molecule has 0 atom stereocenters. The first-order chi connectivity index (χ1) is 13.3. The molecule has 1 amide bonds. The summed E-state index contributed by atoms with van der Waals surface area (Å²) in [5, 5.41) is 11.8. The number of ether oxygens (including phenoxy) is 1. The average Bonchev–Trinajstić information content (AvgIpc) is 2.89. The van der Waals surface area contributed by atoms with Gasteiger partial charge in [0.1, 0.15) is 12.3 Å². The van der Waals surface area contributed by atoms with E-state index >= 15 is 0 Å². The van der Waals surface area contributed by atoms with Gasteiger partial charge in [-0.2, -0.15) is 8.42 Å². The molecule has 1 saturated heterocycles. The van der Waals surface area contributed by atoms with E-state index in [1.165, 1.54) is 13.0 Å².